The Labute approximate surface area is 164 Å². The highest BCUT2D eigenvalue weighted by molar-refractivity contribution is 5.93. The number of ether oxygens (including phenoxy) is 1. The van der Waals surface area contributed by atoms with Gasteiger partial charge in [0.25, 0.3) is 11.5 Å². The molecule has 2 aromatic rings. The maximum absolute atomic E-state index is 12.5. The lowest BCUT2D eigenvalue weighted by Crippen LogP contribution is -2.47. The van der Waals surface area contributed by atoms with Gasteiger partial charge in [0.05, 0.1) is 6.10 Å². The molecular formula is C21H26N4O3. The Hall–Kier alpha value is -2.51. The van der Waals surface area contributed by atoms with Gasteiger partial charge in [0.1, 0.15) is 11.4 Å². The average Bonchev–Trinajstić information content (AvgIpc) is 3.23. The van der Waals surface area contributed by atoms with Crippen molar-refractivity contribution in [1.82, 2.24) is 20.2 Å². The summed E-state index contributed by atoms with van der Waals surface area (Å²) in [6.45, 7) is 3.73. The summed E-state index contributed by atoms with van der Waals surface area (Å²) in [5.74, 6) is 0.107. The first-order chi connectivity index (χ1) is 13.7. The van der Waals surface area contributed by atoms with E-state index in [0.29, 0.717) is 11.9 Å². The van der Waals surface area contributed by atoms with Gasteiger partial charge in [0.2, 0.25) is 0 Å². The molecule has 3 heterocycles. The van der Waals surface area contributed by atoms with Crippen LogP contribution in [0.3, 0.4) is 0 Å². The van der Waals surface area contributed by atoms with Crippen molar-refractivity contribution in [2.75, 3.05) is 26.2 Å². The average molecular weight is 382 g/mol. The third kappa shape index (κ3) is 4.48. The minimum absolute atomic E-state index is 0.0569. The zero-order valence-electron chi connectivity index (χ0n) is 15.9. The van der Waals surface area contributed by atoms with Crippen LogP contribution in [0.2, 0.25) is 0 Å². The number of piperidine rings is 1. The minimum atomic E-state index is -0.415. The second-order valence-corrected chi connectivity index (χ2v) is 7.52. The van der Waals surface area contributed by atoms with Crippen molar-refractivity contribution in [3.63, 3.8) is 0 Å². The number of carbonyl (C=O) groups is 1. The molecule has 148 valence electrons. The number of hydrogen-bond acceptors (Lipinski definition) is 5. The second kappa shape index (κ2) is 8.67. The van der Waals surface area contributed by atoms with E-state index < -0.39 is 5.56 Å². The Morgan fingerprint density at radius 1 is 1.21 bits per heavy atom. The topological polar surface area (TPSA) is 87.3 Å². The van der Waals surface area contributed by atoms with Gasteiger partial charge in [-0.05, 0) is 25.7 Å². The summed E-state index contributed by atoms with van der Waals surface area (Å²) in [6, 6.07) is 9.46. The van der Waals surface area contributed by atoms with Crippen molar-refractivity contribution in [2.24, 2.45) is 0 Å². The van der Waals surface area contributed by atoms with Gasteiger partial charge in [-0.3, -0.25) is 9.59 Å². The summed E-state index contributed by atoms with van der Waals surface area (Å²) in [4.78, 5) is 34.3. The highest BCUT2D eigenvalue weighted by Gasteiger charge is 2.25. The van der Waals surface area contributed by atoms with Gasteiger partial charge >= 0.3 is 0 Å². The molecule has 0 spiro atoms. The Balaban J connectivity index is 1.32. The molecule has 4 rings (SSSR count). The van der Waals surface area contributed by atoms with Crippen LogP contribution in [0.25, 0.3) is 11.4 Å². The molecule has 28 heavy (non-hydrogen) atoms. The predicted octanol–water partition coefficient (Wildman–Crippen LogP) is 1.81. The number of carbonyl (C=O) groups excluding carboxylic acids is 1. The SMILES string of the molecule is O=C(NC1CCN(CC2CCCO2)CC1)c1cnc(-c2ccccc2)[nH]c1=O. The van der Waals surface area contributed by atoms with E-state index in [1.807, 2.05) is 30.3 Å². The molecular weight excluding hydrogens is 356 g/mol. The normalized spacial score (nSPS) is 20.9. The van der Waals surface area contributed by atoms with E-state index in [2.05, 4.69) is 20.2 Å². The van der Waals surface area contributed by atoms with Crippen LogP contribution in [0, 0.1) is 0 Å². The Bertz CT molecular complexity index is 853. The molecule has 2 saturated heterocycles. The molecule has 2 aliphatic heterocycles. The van der Waals surface area contributed by atoms with Gasteiger partial charge in [-0.2, -0.15) is 0 Å². The number of benzene rings is 1. The van der Waals surface area contributed by atoms with Crippen molar-refractivity contribution in [3.8, 4) is 11.4 Å². The molecule has 0 aliphatic carbocycles. The first-order valence-electron chi connectivity index (χ1n) is 9.98. The number of H-pyrrole nitrogens is 1. The summed E-state index contributed by atoms with van der Waals surface area (Å²) < 4.78 is 5.70. The Morgan fingerprint density at radius 3 is 2.68 bits per heavy atom. The third-order valence-corrected chi connectivity index (χ3v) is 5.50. The summed E-state index contributed by atoms with van der Waals surface area (Å²) in [6.07, 6.45) is 5.79. The van der Waals surface area contributed by atoms with Gasteiger partial charge in [0, 0.05) is 44.0 Å². The predicted molar refractivity (Wildman–Crippen MR) is 106 cm³/mol. The van der Waals surface area contributed by atoms with E-state index in [1.54, 1.807) is 0 Å². The van der Waals surface area contributed by atoms with Crippen molar-refractivity contribution in [1.29, 1.82) is 0 Å². The minimum Gasteiger partial charge on any atom is -0.377 e. The maximum atomic E-state index is 12.5. The third-order valence-electron chi connectivity index (χ3n) is 5.50. The molecule has 0 saturated carbocycles. The van der Waals surface area contributed by atoms with Crippen LogP contribution in [0.5, 0.6) is 0 Å². The molecule has 7 nitrogen and oxygen atoms in total. The van der Waals surface area contributed by atoms with E-state index in [1.165, 1.54) is 6.20 Å². The molecule has 1 unspecified atom stereocenters. The number of aromatic nitrogens is 2. The maximum Gasteiger partial charge on any atom is 0.264 e. The lowest BCUT2D eigenvalue weighted by molar-refractivity contribution is 0.0612. The van der Waals surface area contributed by atoms with Gasteiger partial charge in [0.15, 0.2) is 0 Å². The summed E-state index contributed by atoms with van der Waals surface area (Å²) in [5, 5.41) is 2.99. The number of nitrogens with one attached hydrogen (secondary N) is 2. The highest BCUT2D eigenvalue weighted by Crippen LogP contribution is 2.17. The van der Waals surface area contributed by atoms with Gasteiger partial charge < -0.3 is 19.9 Å². The zero-order chi connectivity index (χ0) is 19.3. The Morgan fingerprint density at radius 2 is 2.00 bits per heavy atom. The second-order valence-electron chi connectivity index (χ2n) is 7.52. The number of hydrogen-bond donors (Lipinski definition) is 2. The number of amides is 1. The first kappa shape index (κ1) is 18.8. The first-order valence-corrected chi connectivity index (χ1v) is 9.98. The van der Waals surface area contributed by atoms with E-state index in [4.69, 9.17) is 4.74 Å². The van der Waals surface area contributed by atoms with Crippen LogP contribution in [0.15, 0.2) is 41.3 Å². The number of aromatic amines is 1. The van der Waals surface area contributed by atoms with Crippen LogP contribution < -0.4 is 10.9 Å². The van der Waals surface area contributed by atoms with E-state index >= 15 is 0 Å². The quantitative estimate of drug-likeness (QED) is 0.824. The summed E-state index contributed by atoms with van der Waals surface area (Å²) in [7, 11) is 0. The van der Waals surface area contributed by atoms with Gasteiger partial charge in [-0.1, -0.05) is 30.3 Å². The summed E-state index contributed by atoms with van der Waals surface area (Å²) >= 11 is 0. The fourth-order valence-corrected chi connectivity index (χ4v) is 3.90. The van der Waals surface area contributed by atoms with Crippen LogP contribution in [-0.4, -0.2) is 59.2 Å². The van der Waals surface area contributed by atoms with Gasteiger partial charge in [-0.25, -0.2) is 4.98 Å². The van der Waals surface area contributed by atoms with Crippen LogP contribution >= 0.6 is 0 Å². The molecule has 2 N–H and O–H groups in total. The van der Waals surface area contributed by atoms with E-state index in [0.717, 1.165) is 57.5 Å². The van der Waals surface area contributed by atoms with Crippen LogP contribution in [0.4, 0.5) is 0 Å². The van der Waals surface area contributed by atoms with Crippen molar-refractivity contribution in [2.45, 2.75) is 37.8 Å². The fraction of sp³-hybridized carbons (Fsp3) is 0.476. The van der Waals surface area contributed by atoms with Gasteiger partial charge in [-0.15, -0.1) is 0 Å². The molecule has 1 aromatic heterocycles. The molecule has 1 aromatic carbocycles. The Kier molecular flexibility index (Phi) is 5.83. The molecule has 1 atom stereocenters. The number of nitrogens with zero attached hydrogens (tertiary/aromatic N) is 2. The molecule has 2 aliphatic rings. The smallest absolute Gasteiger partial charge is 0.264 e. The molecule has 0 radical (unpaired) electrons. The van der Waals surface area contributed by atoms with Crippen LogP contribution in [-0.2, 0) is 4.74 Å². The molecule has 2 fully saturated rings. The standard InChI is InChI=1S/C21H26N4O3/c26-20(18-13-22-19(24-21(18)27)15-5-2-1-3-6-15)23-16-8-10-25(11-9-16)14-17-7-4-12-28-17/h1-3,5-6,13,16-17H,4,7-12,14H2,(H,23,26)(H,22,24,27). The lowest BCUT2D eigenvalue weighted by atomic mass is 10.0. The largest absolute Gasteiger partial charge is 0.377 e. The molecule has 0 bridgehead atoms. The van der Waals surface area contributed by atoms with Crippen LogP contribution in [0.1, 0.15) is 36.0 Å². The van der Waals surface area contributed by atoms with Crippen molar-refractivity contribution in [3.05, 3.63) is 52.4 Å². The van der Waals surface area contributed by atoms with E-state index in [9.17, 15) is 9.59 Å². The van der Waals surface area contributed by atoms with Crippen molar-refractivity contribution < 1.29 is 9.53 Å². The van der Waals surface area contributed by atoms with E-state index in [-0.39, 0.29) is 17.5 Å². The number of likely N-dealkylation sites (tertiary alicyclic amines) is 1. The highest BCUT2D eigenvalue weighted by atomic mass is 16.5. The zero-order valence-corrected chi connectivity index (χ0v) is 15.9. The van der Waals surface area contributed by atoms with Crippen molar-refractivity contribution >= 4 is 5.91 Å². The lowest BCUT2D eigenvalue weighted by Gasteiger charge is -2.33. The number of rotatable bonds is 5. The molecule has 1 amide bonds. The summed E-state index contributed by atoms with van der Waals surface area (Å²) in [5.41, 5.74) is 0.453. The molecule has 7 heteroatoms. The fourth-order valence-electron chi connectivity index (χ4n) is 3.90. The monoisotopic (exact) mass is 382 g/mol.